The summed E-state index contributed by atoms with van der Waals surface area (Å²) in [5.74, 6) is 0.309. The van der Waals surface area contributed by atoms with Crippen LogP contribution < -0.4 is 0 Å². The molecule has 0 saturated carbocycles. The summed E-state index contributed by atoms with van der Waals surface area (Å²) in [5.41, 5.74) is -0.490. The lowest BCUT2D eigenvalue weighted by atomic mass is 10.1. The molecule has 2 saturated heterocycles. The van der Waals surface area contributed by atoms with E-state index in [-0.39, 0.29) is 11.4 Å². The van der Waals surface area contributed by atoms with Crippen LogP contribution in [-0.4, -0.2) is 61.9 Å². The van der Waals surface area contributed by atoms with Crippen molar-refractivity contribution < 1.29 is 17.9 Å². The Labute approximate surface area is 120 Å². The first-order valence-corrected chi connectivity index (χ1v) is 8.69. The Morgan fingerprint density at radius 3 is 2.53 bits per heavy atom. The number of sulfonamides is 1. The van der Waals surface area contributed by atoms with Gasteiger partial charge >= 0.3 is 0 Å². The van der Waals surface area contributed by atoms with Crippen molar-refractivity contribution in [3.8, 4) is 0 Å². The molecule has 19 heavy (non-hydrogen) atoms. The minimum Gasteiger partial charge on any atom is -0.381 e. The zero-order chi connectivity index (χ0) is 14.1. The number of halogens is 1. The van der Waals surface area contributed by atoms with E-state index in [2.05, 4.69) is 0 Å². The van der Waals surface area contributed by atoms with Gasteiger partial charge in [-0.05, 0) is 26.7 Å². The average molecular weight is 312 g/mol. The predicted molar refractivity (Wildman–Crippen MR) is 74.0 cm³/mol. The number of ether oxygens (including phenoxy) is 2. The largest absolute Gasteiger partial charge is 0.381 e. The van der Waals surface area contributed by atoms with Gasteiger partial charge in [-0.2, -0.15) is 4.31 Å². The Morgan fingerprint density at radius 2 is 1.95 bits per heavy atom. The van der Waals surface area contributed by atoms with Gasteiger partial charge in [0.1, 0.15) is 0 Å². The molecule has 7 heteroatoms. The van der Waals surface area contributed by atoms with E-state index < -0.39 is 15.6 Å². The molecule has 0 bridgehead atoms. The van der Waals surface area contributed by atoms with Gasteiger partial charge in [0.15, 0.2) is 0 Å². The van der Waals surface area contributed by atoms with Crippen LogP contribution >= 0.6 is 11.6 Å². The first-order valence-electron chi connectivity index (χ1n) is 6.66. The Kier molecular flexibility index (Phi) is 4.78. The first-order chi connectivity index (χ1) is 8.85. The van der Waals surface area contributed by atoms with E-state index in [9.17, 15) is 8.42 Å². The average Bonchev–Trinajstić information content (AvgIpc) is 2.37. The summed E-state index contributed by atoms with van der Waals surface area (Å²) in [6.07, 6.45) is 0.914. The zero-order valence-electron chi connectivity index (χ0n) is 11.5. The summed E-state index contributed by atoms with van der Waals surface area (Å²) in [6, 6.07) is 0. The molecule has 0 N–H and O–H groups in total. The molecule has 2 rings (SSSR count). The molecule has 2 fully saturated rings. The Balaban J connectivity index is 2.14. The van der Waals surface area contributed by atoms with Gasteiger partial charge in [0.05, 0.1) is 17.0 Å². The molecule has 0 amide bonds. The molecule has 1 unspecified atom stereocenters. The highest BCUT2D eigenvalue weighted by Gasteiger charge is 2.41. The maximum absolute atomic E-state index is 12.7. The molecule has 1 atom stereocenters. The van der Waals surface area contributed by atoms with E-state index in [1.807, 2.05) is 13.8 Å². The smallest absolute Gasteiger partial charge is 0.217 e. The van der Waals surface area contributed by atoms with Crippen molar-refractivity contribution in [2.24, 2.45) is 0 Å². The summed E-state index contributed by atoms with van der Waals surface area (Å²) in [7, 11) is -3.28. The molecular weight excluding hydrogens is 290 g/mol. The maximum Gasteiger partial charge on any atom is 0.217 e. The van der Waals surface area contributed by atoms with Crippen LogP contribution in [-0.2, 0) is 19.5 Å². The summed E-state index contributed by atoms with van der Waals surface area (Å²) >= 11 is 5.84. The van der Waals surface area contributed by atoms with Crippen molar-refractivity contribution in [1.82, 2.24) is 4.31 Å². The van der Waals surface area contributed by atoms with Gasteiger partial charge in [0.2, 0.25) is 10.0 Å². The van der Waals surface area contributed by atoms with Crippen LogP contribution in [0.2, 0.25) is 0 Å². The second-order valence-electron chi connectivity index (χ2n) is 5.80. The fraction of sp³-hybridized carbons (Fsp3) is 1.00. The van der Waals surface area contributed by atoms with Crippen LogP contribution in [0.4, 0.5) is 0 Å². The van der Waals surface area contributed by atoms with Crippen molar-refractivity contribution in [2.75, 3.05) is 32.2 Å². The van der Waals surface area contributed by atoms with Crippen LogP contribution in [0.25, 0.3) is 0 Å². The third-order valence-electron chi connectivity index (χ3n) is 3.57. The van der Waals surface area contributed by atoms with Crippen molar-refractivity contribution >= 4 is 21.6 Å². The van der Waals surface area contributed by atoms with Gasteiger partial charge in [0, 0.05) is 32.2 Å². The van der Waals surface area contributed by atoms with Gasteiger partial charge < -0.3 is 9.47 Å². The minimum absolute atomic E-state index is 0.236. The van der Waals surface area contributed by atoms with Crippen LogP contribution in [0.1, 0.15) is 26.7 Å². The molecule has 0 aromatic carbocycles. The molecule has 0 aromatic heterocycles. The van der Waals surface area contributed by atoms with Crippen molar-refractivity contribution in [2.45, 2.75) is 43.6 Å². The first kappa shape index (κ1) is 15.5. The summed E-state index contributed by atoms with van der Waals surface area (Å²) < 4.78 is 37.9. The van der Waals surface area contributed by atoms with E-state index in [1.165, 1.54) is 0 Å². The SMILES string of the molecule is CC1(C)CN(S(=O)(=O)C2CCOCC2)CC(CCl)O1. The van der Waals surface area contributed by atoms with E-state index in [1.54, 1.807) is 4.31 Å². The lowest BCUT2D eigenvalue weighted by Gasteiger charge is -2.43. The molecule has 5 nitrogen and oxygen atoms in total. The highest BCUT2D eigenvalue weighted by atomic mass is 35.5. The predicted octanol–water partition coefficient (Wildman–Crippen LogP) is 1.21. The molecule has 0 spiro atoms. The van der Waals surface area contributed by atoms with Crippen LogP contribution in [0.3, 0.4) is 0 Å². The van der Waals surface area contributed by atoms with Crippen LogP contribution in [0, 0.1) is 0 Å². The van der Waals surface area contributed by atoms with Crippen LogP contribution in [0.5, 0.6) is 0 Å². The number of hydrogen-bond donors (Lipinski definition) is 0. The molecular formula is C12H22ClNO4S. The number of alkyl halides is 1. The van der Waals surface area contributed by atoms with E-state index in [4.69, 9.17) is 21.1 Å². The topological polar surface area (TPSA) is 55.8 Å². The van der Waals surface area contributed by atoms with E-state index >= 15 is 0 Å². The highest BCUT2D eigenvalue weighted by Crippen LogP contribution is 2.28. The van der Waals surface area contributed by atoms with Crippen molar-refractivity contribution in [1.29, 1.82) is 0 Å². The number of hydrogen-bond acceptors (Lipinski definition) is 4. The molecule has 0 aliphatic carbocycles. The molecule has 2 heterocycles. The zero-order valence-corrected chi connectivity index (χ0v) is 13.0. The number of nitrogens with zero attached hydrogens (tertiary/aromatic N) is 1. The van der Waals surface area contributed by atoms with Gasteiger partial charge in [-0.3, -0.25) is 0 Å². The third-order valence-corrected chi connectivity index (χ3v) is 6.23. The fourth-order valence-corrected chi connectivity index (χ4v) is 4.94. The van der Waals surface area contributed by atoms with Gasteiger partial charge in [-0.15, -0.1) is 11.6 Å². The normalized spacial score (nSPS) is 30.4. The maximum atomic E-state index is 12.7. The molecule has 2 aliphatic rings. The Bertz CT molecular complexity index is 406. The monoisotopic (exact) mass is 311 g/mol. The quantitative estimate of drug-likeness (QED) is 0.735. The second kappa shape index (κ2) is 5.85. The molecule has 2 aliphatic heterocycles. The van der Waals surface area contributed by atoms with Crippen molar-refractivity contribution in [3.05, 3.63) is 0 Å². The van der Waals surface area contributed by atoms with Gasteiger partial charge in [-0.1, -0.05) is 0 Å². The summed E-state index contributed by atoms with van der Waals surface area (Å²) in [5, 5.41) is -0.328. The Hall–Kier alpha value is 0.120. The summed E-state index contributed by atoms with van der Waals surface area (Å²) in [6.45, 7) is 5.59. The van der Waals surface area contributed by atoms with E-state index in [0.717, 1.165) is 0 Å². The van der Waals surface area contributed by atoms with E-state index in [0.29, 0.717) is 45.0 Å². The Morgan fingerprint density at radius 1 is 1.32 bits per heavy atom. The van der Waals surface area contributed by atoms with Crippen molar-refractivity contribution in [3.63, 3.8) is 0 Å². The minimum atomic E-state index is -3.28. The molecule has 0 radical (unpaired) electrons. The standard InChI is InChI=1S/C12H22ClNO4S/c1-12(2)9-14(8-10(7-13)18-12)19(15,16)11-3-5-17-6-4-11/h10-11H,3-9H2,1-2H3. The van der Waals surface area contributed by atoms with Crippen LogP contribution in [0.15, 0.2) is 0 Å². The fourth-order valence-electron chi connectivity index (χ4n) is 2.70. The number of rotatable bonds is 3. The number of morpholine rings is 1. The lowest BCUT2D eigenvalue weighted by molar-refractivity contribution is -0.108. The van der Waals surface area contributed by atoms with Gasteiger partial charge in [0.25, 0.3) is 0 Å². The summed E-state index contributed by atoms with van der Waals surface area (Å²) in [4.78, 5) is 0. The van der Waals surface area contributed by atoms with Gasteiger partial charge in [-0.25, -0.2) is 8.42 Å². The second-order valence-corrected chi connectivity index (χ2v) is 8.32. The third kappa shape index (κ3) is 3.61. The lowest BCUT2D eigenvalue weighted by Crippen LogP contribution is -2.57. The highest BCUT2D eigenvalue weighted by molar-refractivity contribution is 7.89. The molecule has 112 valence electrons. The molecule has 0 aromatic rings.